The minimum absolute atomic E-state index is 0.380. The van der Waals surface area contributed by atoms with Gasteiger partial charge < -0.3 is 16.0 Å². The van der Waals surface area contributed by atoms with Gasteiger partial charge in [-0.15, -0.1) is 0 Å². The van der Waals surface area contributed by atoms with Gasteiger partial charge >= 0.3 is 0 Å². The second-order valence-corrected chi connectivity index (χ2v) is 7.20. The summed E-state index contributed by atoms with van der Waals surface area (Å²) >= 11 is 6.29. The van der Waals surface area contributed by atoms with E-state index in [-0.39, 0.29) is 0 Å². The number of benzene rings is 3. The molecule has 4 rings (SSSR count). The van der Waals surface area contributed by atoms with Crippen molar-refractivity contribution < 1.29 is 0 Å². The molecule has 0 fully saturated rings. The van der Waals surface area contributed by atoms with Crippen LogP contribution in [0.15, 0.2) is 72.8 Å². The number of aryl methyl sites for hydroxylation is 2. The van der Waals surface area contributed by atoms with Crippen molar-refractivity contribution in [1.82, 2.24) is 15.0 Å². The van der Waals surface area contributed by atoms with E-state index in [4.69, 9.17) is 11.6 Å². The van der Waals surface area contributed by atoms with Crippen molar-refractivity contribution >= 4 is 46.5 Å². The smallest absolute Gasteiger partial charge is 0.233 e. The second kappa shape index (κ2) is 8.80. The number of nitrogens with zero attached hydrogens (tertiary/aromatic N) is 3. The van der Waals surface area contributed by atoms with Gasteiger partial charge in [-0.05, 0) is 49.2 Å². The van der Waals surface area contributed by atoms with Crippen molar-refractivity contribution in [3.05, 3.63) is 88.9 Å². The Morgan fingerprint density at radius 3 is 1.33 bits per heavy atom. The summed E-state index contributed by atoms with van der Waals surface area (Å²) in [5.41, 5.74) is 4.75. The molecule has 0 amide bonds. The van der Waals surface area contributed by atoms with Gasteiger partial charge in [-0.3, -0.25) is 0 Å². The van der Waals surface area contributed by atoms with E-state index >= 15 is 0 Å². The molecule has 3 aromatic carbocycles. The third-order valence-corrected chi connectivity index (χ3v) is 4.87. The van der Waals surface area contributed by atoms with Gasteiger partial charge in [0.1, 0.15) is 0 Å². The van der Waals surface area contributed by atoms with E-state index < -0.39 is 0 Å². The fourth-order valence-electron chi connectivity index (χ4n) is 2.89. The van der Waals surface area contributed by atoms with Crippen LogP contribution in [0.1, 0.15) is 11.1 Å². The Morgan fingerprint density at radius 1 is 0.533 bits per heavy atom. The lowest BCUT2D eigenvalue weighted by Gasteiger charge is -2.13. The van der Waals surface area contributed by atoms with Crippen LogP contribution in [-0.4, -0.2) is 15.0 Å². The summed E-state index contributed by atoms with van der Waals surface area (Å²) in [6.07, 6.45) is 0. The Hall–Kier alpha value is -3.64. The van der Waals surface area contributed by atoms with E-state index in [2.05, 4.69) is 30.9 Å². The van der Waals surface area contributed by atoms with Crippen LogP contribution >= 0.6 is 11.6 Å². The Kier molecular flexibility index (Phi) is 5.77. The van der Waals surface area contributed by atoms with Gasteiger partial charge in [0.15, 0.2) is 0 Å². The maximum Gasteiger partial charge on any atom is 0.233 e. The molecule has 0 unspecified atom stereocenters. The largest absolute Gasteiger partial charge is 0.324 e. The van der Waals surface area contributed by atoms with Gasteiger partial charge in [0.05, 0.1) is 10.7 Å². The van der Waals surface area contributed by atoms with Gasteiger partial charge in [0.2, 0.25) is 17.8 Å². The zero-order valence-electron chi connectivity index (χ0n) is 16.6. The molecule has 0 bridgehead atoms. The molecule has 1 heterocycles. The fraction of sp³-hybridized carbons (Fsp3) is 0.0870. The molecule has 1 aromatic heterocycles. The fourth-order valence-corrected chi connectivity index (χ4v) is 3.08. The molecule has 150 valence electrons. The first-order valence-electron chi connectivity index (χ1n) is 9.51. The summed E-state index contributed by atoms with van der Waals surface area (Å²) in [7, 11) is 0. The first kappa shape index (κ1) is 19.7. The SMILES string of the molecule is Cc1ccccc1Nc1nc(Nc2ccccc2C)nc(Nc2ccccc2Cl)n1. The molecular weight excluding hydrogens is 396 g/mol. The third kappa shape index (κ3) is 4.67. The maximum absolute atomic E-state index is 6.29. The lowest BCUT2D eigenvalue weighted by atomic mass is 10.2. The number of para-hydroxylation sites is 3. The normalized spacial score (nSPS) is 10.5. The van der Waals surface area contributed by atoms with Gasteiger partial charge in [-0.1, -0.05) is 60.1 Å². The zero-order chi connectivity index (χ0) is 20.9. The van der Waals surface area contributed by atoms with E-state index in [1.165, 1.54) is 0 Å². The number of aromatic nitrogens is 3. The third-order valence-electron chi connectivity index (χ3n) is 4.54. The first-order valence-corrected chi connectivity index (χ1v) is 9.89. The molecule has 0 saturated heterocycles. The van der Waals surface area contributed by atoms with Crippen LogP contribution in [-0.2, 0) is 0 Å². The maximum atomic E-state index is 6.29. The van der Waals surface area contributed by atoms with E-state index in [9.17, 15) is 0 Å². The van der Waals surface area contributed by atoms with E-state index in [1.54, 1.807) is 0 Å². The molecule has 0 atom stereocenters. The molecule has 0 aliphatic carbocycles. The van der Waals surface area contributed by atoms with Gasteiger partial charge in [-0.25, -0.2) is 0 Å². The highest BCUT2D eigenvalue weighted by Crippen LogP contribution is 2.26. The predicted molar refractivity (Wildman–Crippen MR) is 123 cm³/mol. The molecule has 0 saturated carbocycles. The molecule has 0 aliphatic heterocycles. The van der Waals surface area contributed by atoms with Crippen LogP contribution < -0.4 is 16.0 Å². The average molecular weight is 417 g/mol. The summed E-state index contributed by atoms with van der Waals surface area (Å²) < 4.78 is 0. The Labute approximate surface area is 180 Å². The van der Waals surface area contributed by atoms with Crippen molar-refractivity contribution in [2.45, 2.75) is 13.8 Å². The van der Waals surface area contributed by atoms with Crippen molar-refractivity contribution in [3.63, 3.8) is 0 Å². The molecule has 3 N–H and O–H groups in total. The topological polar surface area (TPSA) is 74.8 Å². The predicted octanol–water partition coefficient (Wildman–Crippen LogP) is 6.37. The molecule has 0 spiro atoms. The average Bonchev–Trinajstić information content (AvgIpc) is 2.73. The summed E-state index contributed by atoms with van der Waals surface area (Å²) in [4.78, 5) is 13.6. The second-order valence-electron chi connectivity index (χ2n) is 6.79. The molecule has 7 heteroatoms. The van der Waals surface area contributed by atoms with E-state index in [0.717, 1.165) is 22.5 Å². The first-order chi connectivity index (χ1) is 14.6. The van der Waals surface area contributed by atoms with Crippen LogP contribution in [0, 0.1) is 13.8 Å². The molecule has 4 aromatic rings. The Bertz CT molecular complexity index is 1020. The molecule has 0 aliphatic rings. The number of hydrogen-bond donors (Lipinski definition) is 3. The van der Waals surface area contributed by atoms with Crippen LogP contribution in [0.5, 0.6) is 0 Å². The van der Waals surface area contributed by atoms with Crippen LogP contribution in [0.4, 0.5) is 34.9 Å². The van der Waals surface area contributed by atoms with E-state index in [1.807, 2.05) is 86.6 Å². The number of rotatable bonds is 6. The molecule has 30 heavy (non-hydrogen) atoms. The van der Waals surface area contributed by atoms with E-state index in [0.29, 0.717) is 28.6 Å². The van der Waals surface area contributed by atoms with Gasteiger partial charge in [0.25, 0.3) is 0 Å². The van der Waals surface area contributed by atoms with Crippen molar-refractivity contribution in [2.24, 2.45) is 0 Å². The van der Waals surface area contributed by atoms with Crippen LogP contribution in [0.3, 0.4) is 0 Å². The number of nitrogens with one attached hydrogen (secondary N) is 3. The molecule has 6 nitrogen and oxygen atoms in total. The summed E-state index contributed by atoms with van der Waals surface area (Å²) in [6, 6.07) is 23.4. The van der Waals surface area contributed by atoms with Crippen LogP contribution in [0.2, 0.25) is 5.02 Å². The number of hydrogen-bond acceptors (Lipinski definition) is 6. The molecular formula is C23H21ClN6. The van der Waals surface area contributed by atoms with Crippen LogP contribution in [0.25, 0.3) is 0 Å². The molecule has 0 radical (unpaired) electrons. The summed E-state index contributed by atoms with van der Waals surface area (Å²) in [5, 5.41) is 10.3. The highest BCUT2D eigenvalue weighted by molar-refractivity contribution is 6.33. The minimum atomic E-state index is 0.380. The standard InChI is InChI=1S/C23H21ClN6/c1-15-9-3-6-12-18(15)25-21-28-22(26-19-13-7-4-10-16(19)2)30-23(29-21)27-20-14-8-5-11-17(20)24/h3-14H,1-2H3,(H3,25,26,27,28,29,30). The van der Waals surface area contributed by atoms with Crippen molar-refractivity contribution in [3.8, 4) is 0 Å². The number of anilines is 6. The Morgan fingerprint density at radius 2 is 0.900 bits per heavy atom. The summed E-state index contributed by atoms with van der Waals surface area (Å²) in [5.74, 6) is 1.22. The lowest BCUT2D eigenvalue weighted by Crippen LogP contribution is -2.08. The summed E-state index contributed by atoms with van der Waals surface area (Å²) in [6.45, 7) is 4.05. The van der Waals surface area contributed by atoms with Gasteiger partial charge in [-0.2, -0.15) is 15.0 Å². The highest BCUT2D eigenvalue weighted by Gasteiger charge is 2.11. The van der Waals surface area contributed by atoms with Gasteiger partial charge in [0, 0.05) is 11.4 Å². The Balaban J connectivity index is 1.70. The quantitative estimate of drug-likeness (QED) is 0.339. The highest BCUT2D eigenvalue weighted by atomic mass is 35.5. The number of halogens is 1. The van der Waals surface area contributed by atoms with Crippen molar-refractivity contribution in [1.29, 1.82) is 0 Å². The zero-order valence-corrected chi connectivity index (χ0v) is 17.4. The monoisotopic (exact) mass is 416 g/mol. The minimum Gasteiger partial charge on any atom is -0.324 e. The van der Waals surface area contributed by atoms with Crippen molar-refractivity contribution in [2.75, 3.05) is 16.0 Å². The lowest BCUT2D eigenvalue weighted by molar-refractivity contribution is 1.06.